The molecule has 5 heterocycles. The minimum atomic E-state index is -1.14. The summed E-state index contributed by atoms with van der Waals surface area (Å²) in [6, 6.07) is -0.678. The van der Waals surface area contributed by atoms with Gasteiger partial charge in [0.05, 0.1) is 24.1 Å². The van der Waals surface area contributed by atoms with Gasteiger partial charge < -0.3 is 30.7 Å². The Kier molecular flexibility index (Phi) is 8.27. The number of carboxylic acid groups (broad SMARTS) is 1. The quantitative estimate of drug-likeness (QED) is 0.272. The van der Waals surface area contributed by atoms with Crippen molar-refractivity contribution in [2.75, 3.05) is 33.3 Å². The van der Waals surface area contributed by atoms with Crippen LogP contribution in [0.4, 0.5) is 0 Å². The molecule has 1 aromatic rings. The van der Waals surface area contributed by atoms with Gasteiger partial charge in [-0.1, -0.05) is 13.8 Å². The zero-order valence-corrected chi connectivity index (χ0v) is 23.6. The lowest BCUT2D eigenvalue weighted by Gasteiger charge is -2.47. The molecule has 0 bridgehead atoms. The van der Waals surface area contributed by atoms with Crippen molar-refractivity contribution in [1.29, 1.82) is 0 Å². The van der Waals surface area contributed by atoms with Crippen molar-refractivity contribution >= 4 is 35.3 Å². The summed E-state index contributed by atoms with van der Waals surface area (Å²) in [6.45, 7) is 5.89. The lowest BCUT2D eigenvalue weighted by atomic mass is 9.73. The molecule has 4 N–H and O–H groups in total. The highest BCUT2D eigenvalue weighted by Crippen LogP contribution is 2.53. The third-order valence-corrected chi connectivity index (χ3v) is 10.2. The summed E-state index contributed by atoms with van der Waals surface area (Å²) in [5, 5.41) is 24.1. The number of carbonyl (C=O) groups is 4. The lowest BCUT2D eigenvalue weighted by Crippen LogP contribution is -2.62. The minimum Gasteiger partial charge on any atom is -0.477 e. The fraction of sp³-hybridized carbons (Fsp3) is 0.720. The van der Waals surface area contributed by atoms with Crippen LogP contribution < -0.4 is 11.1 Å². The highest BCUT2D eigenvalue weighted by molar-refractivity contribution is 8.03. The first-order valence-electron chi connectivity index (χ1n) is 13.6. The van der Waals surface area contributed by atoms with E-state index in [1.807, 2.05) is 13.8 Å². The van der Waals surface area contributed by atoms with Crippen LogP contribution in [0, 0.1) is 23.7 Å². The number of thioether (sulfide) groups is 1. The molecule has 14 nitrogen and oxygen atoms in total. The number of nitrogens with zero attached hydrogens (tertiary/aromatic N) is 6. The molecule has 3 saturated heterocycles. The van der Waals surface area contributed by atoms with Gasteiger partial charge in [-0.15, -0.1) is 16.9 Å². The van der Waals surface area contributed by atoms with Gasteiger partial charge in [-0.05, 0) is 29.3 Å². The topological polar surface area (TPSA) is 186 Å². The molecule has 0 spiro atoms. The van der Waals surface area contributed by atoms with Crippen LogP contribution >= 0.6 is 11.8 Å². The first-order valence-corrected chi connectivity index (χ1v) is 14.5. The molecule has 0 saturated carbocycles. The van der Waals surface area contributed by atoms with Crippen LogP contribution in [0.3, 0.4) is 0 Å². The summed E-state index contributed by atoms with van der Waals surface area (Å²) < 4.78 is 6.84. The largest absolute Gasteiger partial charge is 0.477 e. The number of ketones is 1. The Hall–Kier alpha value is -2.88. The van der Waals surface area contributed by atoms with E-state index in [0.29, 0.717) is 37.5 Å². The van der Waals surface area contributed by atoms with E-state index in [1.165, 1.54) is 27.7 Å². The number of aliphatic carboxylic acids is 1. The fourth-order valence-electron chi connectivity index (χ4n) is 6.65. The molecule has 15 heteroatoms. The molecule has 5 rings (SSSR count). The third kappa shape index (κ3) is 5.15. The second-order valence-corrected chi connectivity index (χ2v) is 12.6. The van der Waals surface area contributed by atoms with Gasteiger partial charge >= 0.3 is 5.97 Å². The summed E-state index contributed by atoms with van der Waals surface area (Å²) in [4.78, 5) is 55.2. The number of hydrogen-bond donors (Lipinski definition) is 3. The van der Waals surface area contributed by atoms with E-state index in [9.17, 15) is 24.3 Å². The molecule has 2 amide bonds. The Morgan fingerprint density at radius 1 is 1.32 bits per heavy atom. The lowest BCUT2D eigenvalue weighted by molar-refractivity contribution is -0.160. The van der Waals surface area contributed by atoms with Gasteiger partial charge in [0.25, 0.3) is 0 Å². The van der Waals surface area contributed by atoms with E-state index >= 15 is 0 Å². The normalized spacial score (nSPS) is 32.4. The van der Waals surface area contributed by atoms with Crippen LogP contribution in [-0.4, -0.2) is 115 Å². The average Bonchev–Trinajstić information content (AvgIpc) is 3.71. The number of amides is 2. The number of Topliss-reactive ketones (excluding diaryl/α,β-unsaturated/α-hetero) is 1. The van der Waals surface area contributed by atoms with Crippen molar-refractivity contribution in [2.24, 2.45) is 29.4 Å². The number of carbonyl (C=O) groups excluding carboxylic acids is 3. The van der Waals surface area contributed by atoms with Crippen molar-refractivity contribution in [1.82, 2.24) is 35.3 Å². The van der Waals surface area contributed by atoms with Gasteiger partial charge in [0.15, 0.2) is 5.78 Å². The van der Waals surface area contributed by atoms with Crippen LogP contribution in [-0.2, 0) is 30.5 Å². The third-order valence-electron chi connectivity index (χ3n) is 8.66. The number of carboxylic acids is 1. The highest BCUT2D eigenvalue weighted by atomic mass is 32.2. The van der Waals surface area contributed by atoms with Crippen molar-refractivity contribution in [3.05, 3.63) is 16.9 Å². The predicted octanol–water partition coefficient (Wildman–Crippen LogP) is -1.06. The van der Waals surface area contributed by atoms with Gasteiger partial charge in [-0.3, -0.25) is 14.4 Å². The molecular weight excluding hydrogens is 540 g/mol. The number of methoxy groups -OCH3 is 1. The molecule has 4 aliphatic rings. The zero-order valence-electron chi connectivity index (χ0n) is 22.8. The first-order chi connectivity index (χ1) is 19.1. The minimum absolute atomic E-state index is 0.00670. The number of β-lactam (4-membered cyclic amide) rings is 1. The Balaban J connectivity index is 1.22. The first kappa shape index (κ1) is 28.6. The van der Waals surface area contributed by atoms with E-state index in [0.717, 1.165) is 0 Å². The maximum Gasteiger partial charge on any atom is 0.353 e. The van der Waals surface area contributed by atoms with E-state index in [1.54, 1.807) is 12.0 Å². The Labute approximate surface area is 236 Å². The number of likely N-dealkylation sites (tertiary alicyclic amines) is 1. The van der Waals surface area contributed by atoms with Crippen LogP contribution in [0.2, 0.25) is 0 Å². The highest BCUT2D eigenvalue weighted by Gasteiger charge is 2.60. The number of fused-ring (bicyclic) bond motifs is 1. The standard InChI is InChI=1S/C25H36N8O6S/c1-12(4-15(34)9-32-11-28-29-30-32)19-20-13(2)22(21(25(37)38)33(20)24(19)36)40-16-5-17(27-7-16)23(35)31-8-14(6-26)18(10-31)39-3/h11-14,16-20,27H,4-10,26H2,1-3H3,(H,37,38)/t12-,13+,14?,16-,17-,18?,19+,20+/m0/s1. The summed E-state index contributed by atoms with van der Waals surface area (Å²) in [7, 11) is 1.63. The molecule has 0 aliphatic carbocycles. The second-order valence-electron chi connectivity index (χ2n) is 11.2. The number of nitrogens with one attached hydrogen (secondary N) is 1. The smallest absolute Gasteiger partial charge is 0.353 e. The Morgan fingerprint density at radius 2 is 2.10 bits per heavy atom. The molecule has 4 aliphatic heterocycles. The maximum atomic E-state index is 13.2. The SMILES string of the molecule is COC1CN(C(=O)[C@@H]2C[C@H](SC3=C(C(=O)O)N4C(=O)[C@H]([C@@H](C)CC(=O)Cn5cnnn5)[C@H]4[C@H]3C)CN2)CC1CN. The van der Waals surface area contributed by atoms with Crippen LogP contribution in [0.5, 0.6) is 0 Å². The maximum absolute atomic E-state index is 13.2. The summed E-state index contributed by atoms with van der Waals surface area (Å²) in [5.41, 5.74) is 5.88. The van der Waals surface area contributed by atoms with Gasteiger partial charge in [-0.2, -0.15) is 0 Å². The monoisotopic (exact) mass is 576 g/mol. The number of tetrazole rings is 1. The van der Waals surface area contributed by atoms with Crippen molar-refractivity contribution in [3.63, 3.8) is 0 Å². The average molecular weight is 577 g/mol. The molecular formula is C25H36N8O6S. The number of rotatable bonds is 11. The predicted molar refractivity (Wildman–Crippen MR) is 142 cm³/mol. The summed E-state index contributed by atoms with van der Waals surface area (Å²) >= 11 is 1.45. The van der Waals surface area contributed by atoms with Crippen molar-refractivity contribution in [3.8, 4) is 0 Å². The van der Waals surface area contributed by atoms with E-state index in [-0.39, 0.29) is 77.5 Å². The van der Waals surface area contributed by atoms with Crippen molar-refractivity contribution < 1.29 is 29.0 Å². The second kappa shape index (κ2) is 11.5. The molecule has 3 fully saturated rings. The van der Waals surface area contributed by atoms with Gasteiger partial charge in [0.2, 0.25) is 11.8 Å². The van der Waals surface area contributed by atoms with Gasteiger partial charge in [0.1, 0.15) is 18.6 Å². The van der Waals surface area contributed by atoms with E-state index < -0.39 is 11.9 Å². The van der Waals surface area contributed by atoms with Crippen LogP contribution in [0.15, 0.2) is 16.9 Å². The molecule has 40 heavy (non-hydrogen) atoms. The zero-order chi connectivity index (χ0) is 28.7. The number of hydrogen-bond acceptors (Lipinski definition) is 11. The van der Waals surface area contributed by atoms with E-state index in [4.69, 9.17) is 10.5 Å². The molecule has 218 valence electrons. The number of nitrogens with two attached hydrogens (primary N) is 1. The van der Waals surface area contributed by atoms with Crippen molar-refractivity contribution in [2.45, 2.75) is 56.7 Å². The molecule has 0 aromatic carbocycles. The Morgan fingerprint density at radius 3 is 2.73 bits per heavy atom. The summed E-state index contributed by atoms with van der Waals surface area (Å²) in [6.07, 6.45) is 2.01. The van der Waals surface area contributed by atoms with Gasteiger partial charge in [0, 0.05) is 55.2 Å². The number of aromatic nitrogens is 4. The van der Waals surface area contributed by atoms with Crippen LogP contribution in [0.25, 0.3) is 0 Å². The molecule has 0 radical (unpaired) electrons. The molecule has 2 unspecified atom stereocenters. The fourth-order valence-corrected chi connectivity index (χ4v) is 8.13. The van der Waals surface area contributed by atoms with Gasteiger partial charge in [-0.25, -0.2) is 9.48 Å². The van der Waals surface area contributed by atoms with Crippen LogP contribution in [0.1, 0.15) is 26.7 Å². The molecule has 8 atom stereocenters. The Bertz CT molecular complexity index is 1180. The summed E-state index contributed by atoms with van der Waals surface area (Å²) in [5.74, 6) is -2.29. The van der Waals surface area contributed by atoms with E-state index in [2.05, 4.69) is 20.8 Å². The number of ether oxygens (including phenoxy) is 1. The molecule has 1 aromatic heterocycles.